The predicted molar refractivity (Wildman–Crippen MR) is 97.5 cm³/mol. The summed E-state index contributed by atoms with van der Waals surface area (Å²) >= 11 is 0. The number of aryl methyl sites for hydroxylation is 1. The van der Waals surface area contributed by atoms with E-state index in [1.54, 1.807) is 6.92 Å². The molecule has 0 unspecified atom stereocenters. The summed E-state index contributed by atoms with van der Waals surface area (Å²) in [5.74, 6) is -2.50. The van der Waals surface area contributed by atoms with Gasteiger partial charge in [0.15, 0.2) is 5.78 Å². The highest BCUT2D eigenvalue weighted by Gasteiger charge is 2.49. The van der Waals surface area contributed by atoms with Crippen LogP contribution in [0.5, 0.6) is 0 Å². The van der Waals surface area contributed by atoms with Crippen molar-refractivity contribution in [2.45, 2.75) is 45.6 Å². The second kappa shape index (κ2) is 7.49. The first-order valence-corrected chi connectivity index (χ1v) is 9.19. The van der Waals surface area contributed by atoms with Crippen LogP contribution in [0.2, 0.25) is 0 Å². The molecule has 0 spiro atoms. The SMILES string of the molecule is Cc1ccc(C(=O)CN2C(=O)C(=O)N([C@H]3CCCC[C@H]3C)C2=O)cc1[N+](=O)[O-]. The van der Waals surface area contributed by atoms with E-state index in [1.165, 1.54) is 12.1 Å². The normalized spacial score (nSPS) is 22.7. The van der Waals surface area contributed by atoms with Gasteiger partial charge in [0, 0.05) is 23.2 Å². The Labute approximate surface area is 161 Å². The quantitative estimate of drug-likeness (QED) is 0.252. The molecule has 1 aromatic carbocycles. The Balaban J connectivity index is 1.80. The van der Waals surface area contributed by atoms with Crippen LogP contribution in [0.3, 0.4) is 0 Å². The molecular formula is C19H21N3O6. The number of hydrogen-bond donors (Lipinski definition) is 0. The number of Topliss-reactive ketones (excluding diaryl/α,β-unsaturated/α-hetero) is 1. The van der Waals surface area contributed by atoms with Gasteiger partial charge in [0.1, 0.15) is 0 Å². The van der Waals surface area contributed by atoms with Gasteiger partial charge in [-0.05, 0) is 25.7 Å². The first-order valence-electron chi connectivity index (χ1n) is 9.19. The molecule has 148 valence electrons. The van der Waals surface area contributed by atoms with Crippen LogP contribution < -0.4 is 0 Å². The lowest BCUT2D eigenvalue weighted by Gasteiger charge is -2.34. The minimum atomic E-state index is -1.03. The number of amides is 4. The number of ketones is 1. The molecule has 1 saturated heterocycles. The molecule has 2 aliphatic rings. The number of imide groups is 2. The van der Waals surface area contributed by atoms with Gasteiger partial charge in [-0.25, -0.2) is 9.69 Å². The van der Waals surface area contributed by atoms with Crippen molar-refractivity contribution in [2.75, 3.05) is 6.54 Å². The third-order valence-electron chi connectivity index (χ3n) is 5.51. The average Bonchev–Trinajstić information content (AvgIpc) is 2.86. The van der Waals surface area contributed by atoms with E-state index in [4.69, 9.17) is 0 Å². The first-order chi connectivity index (χ1) is 13.2. The molecule has 0 radical (unpaired) electrons. The van der Waals surface area contributed by atoms with Gasteiger partial charge in [0.05, 0.1) is 11.5 Å². The van der Waals surface area contributed by atoms with Crippen molar-refractivity contribution in [1.29, 1.82) is 0 Å². The number of benzene rings is 1. The van der Waals surface area contributed by atoms with Gasteiger partial charge in [-0.15, -0.1) is 0 Å². The number of hydrogen-bond acceptors (Lipinski definition) is 6. The van der Waals surface area contributed by atoms with E-state index in [-0.39, 0.29) is 23.2 Å². The second-order valence-electron chi connectivity index (χ2n) is 7.36. The molecule has 0 bridgehead atoms. The fourth-order valence-electron chi connectivity index (χ4n) is 3.85. The van der Waals surface area contributed by atoms with E-state index in [9.17, 15) is 29.3 Å². The Bertz CT molecular complexity index is 880. The third kappa shape index (κ3) is 3.39. The molecule has 9 heteroatoms. The number of carbonyl (C=O) groups excluding carboxylic acids is 4. The third-order valence-corrected chi connectivity index (χ3v) is 5.51. The van der Waals surface area contributed by atoms with Crippen molar-refractivity contribution >= 4 is 29.3 Å². The molecule has 28 heavy (non-hydrogen) atoms. The van der Waals surface area contributed by atoms with Crippen LogP contribution in [0.4, 0.5) is 10.5 Å². The van der Waals surface area contributed by atoms with Crippen LogP contribution >= 0.6 is 0 Å². The van der Waals surface area contributed by atoms with E-state index in [0.717, 1.165) is 30.2 Å². The van der Waals surface area contributed by atoms with Gasteiger partial charge in [-0.3, -0.25) is 29.4 Å². The van der Waals surface area contributed by atoms with E-state index >= 15 is 0 Å². The molecule has 0 N–H and O–H groups in total. The van der Waals surface area contributed by atoms with Crippen molar-refractivity contribution in [2.24, 2.45) is 5.92 Å². The largest absolute Gasteiger partial charge is 0.334 e. The Hall–Kier alpha value is -3.10. The van der Waals surface area contributed by atoms with Crippen molar-refractivity contribution in [3.63, 3.8) is 0 Å². The summed E-state index contributed by atoms with van der Waals surface area (Å²) in [6.07, 6.45) is 3.38. The van der Waals surface area contributed by atoms with Crippen molar-refractivity contribution in [3.8, 4) is 0 Å². The minimum Gasteiger partial charge on any atom is -0.292 e. The molecule has 2 atom stereocenters. The molecule has 2 fully saturated rings. The fraction of sp³-hybridized carbons (Fsp3) is 0.474. The Morgan fingerprint density at radius 1 is 1.18 bits per heavy atom. The lowest BCUT2D eigenvalue weighted by atomic mass is 9.85. The number of carbonyl (C=O) groups is 4. The summed E-state index contributed by atoms with van der Waals surface area (Å²) in [6.45, 7) is 2.86. The molecule has 1 saturated carbocycles. The second-order valence-corrected chi connectivity index (χ2v) is 7.36. The predicted octanol–water partition coefficient (Wildman–Crippen LogP) is 2.46. The van der Waals surface area contributed by atoms with Crippen LogP contribution in [0.1, 0.15) is 48.5 Å². The zero-order valence-corrected chi connectivity index (χ0v) is 15.7. The van der Waals surface area contributed by atoms with Gasteiger partial charge in [-0.1, -0.05) is 31.9 Å². The van der Waals surface area contributed by atoms with Gasteiger partial charge < -0.3 is 0 Å². The molecule has 1 aliphatic carbocycles. The zero-order chi connectivity index (χ0) is 20.6. The van der Waals surface area contributed by atoms with E-state index in [0.29, 0.717) is 16.9 Å². The van der Waals surface area contributed by atoms with Gasteiger partial charge in [0.25, 0.3) is 5.69 Å². The Kier molecular flexibility index (Phi) is 5.26. The highest BCUT2D eigenvalue weighted by atomic mass is 16.6. The molecule has 1 aliphatic heterocycles. The van der Waals surface area contributed by atoms with Gasteiger partial charge >= 0.3 is 17.8 Å². The van der Waals surface area contributed by atoms with Crippen molar-refractivity contribution in [1.82, 2.24) is 9.80 Å². The number of urea groups is 1. The summed E-state index contributed by atoms with van der Waals surface area (Å²) in [7, 11) is 0. The highest BCUT2D eigenvalue weighted by molar-refractivity contribution is 6.45. The molecule has 9 nitrogen and oxygen atoms in total. The number of nitrogens with zero attached hydrogens (tertiary/aromatic N) is 3. The maximum absolute atomic E-state index is 12.7. The lowest BCUT2D eigenvalue weighted by molar-refractivity contribution is -0.385. The number of rotatable bonds is 5. The molecule has 1 heterocycles. The van der Waals surface area contributed by atoms with E-state index in [1.807, 2.05) is 6.92 Å². The summed E-state index contributed by atoms with van der Waals surface area (Å²) in [6, 6.07) is 2.81. The molecular weight excluding hydrogens is 366 g/mol. The van der Waals surface area contributed by atoms with Crippen LogP contribution in [-0.2, 0) is 9.59 Å². The summed E-state index contributed by atoms with van der Waals surface area (Å²) < 4.78 is 0. The fourth-order valence-corrected chi connectivity index (χ4v) is 3.85. The van der Waals surface area contributed by atoms with Crippen LogP contribution in [-0.4, -0.2) is 50.9 Å². The zero-order valence-electron chi connectivity index (χ0n) is 15.7. The maximum Gasteiger partial charge on any atom is 0.334 e. The maximum atomic E-state index is 12.7. The average molecular weight is 387 g/mol. The highest BCUT2D eigenvalue weighted by Crippen LogP contribution is 2.31. The first kappa shape index (κ1) is 19.7. The van der Waals surface area contributed by atoms with Crippen molar-refractivity contribution in [3.05, 3.63) is 39.4 Å². The standard InChI is InChI=1S/C19H21N3O6/c1-11-5-3-4-6-14(11)21-18(25)17(24)20(19(21)26)10-16(23)13-8-7-12(2)15(9-13)22(27)28/h7-9,11,14H,3-6,10H2,1-2H3/t11-,14+/m1/s1. The summed E-state index contributed by atoms with van der Waals surface area (Å²) in [5, 5.41) is 11.1. The lowest BCUT2D eigenvalue weighted by Crippen LogP contribution is -2.46. The van der Waals surface area contributed by atoms with Crippen LogP contribution in [0.25, 0.3) is 0 Å². The molecule has 0 aromatic heterocycles. The van der Waals surface area contributed by atoms with E-state index < -0.39 is 35.1 Å². The van der Waals surface area contributed by atoms with Crippen molar-refractivity contribution < 1.29 is 24.1 Å². The number of nitro groups is 1. The smallest absolute Gasteiger partial charge is 0.292 e. The topological polar surface area (TPSA) is 118 Å². The van der Waals surface area contributed by atoms with Crippen LogP contribution in [0.15, 0.2) is 18.2 Å². The van der Waals surface area contributed by atoms with Gasteiger partial charge in [-0.2, -0.15) is 0 Å². The Morgan fingerprint density at radius 3 is 2.50 bits per heavy atom. The van der Waals surface area contributed by atoms with Gasteiger partial charge in [0.2, 0.25) is 0 Å². The summed E-state index contributed by atoms with van der Waals surface area (Å²) in [4.78, 5) is 62.0. The molecule has 1 aromatic rings. The summed E-state index contributed by atoms with van der Waals surface area (Å²) in [5.41, 5.74) is 0.177. The number of nitro benzene ring substituents is 1. The van der Waals surface area contributed by atoms with Crippen LogP contribution in [0, 0.1) is 23.0 Å². The molecule has 4 amide bonds. The molecule has 3 rings (SSSR count). The monoisotopic (exact) mass is 387 g/mol. The Morgan fingerprint density at radius 2 is 1.86 bits per heavy atom. The van der Waals surface area contributed by atoms with E-state index in [2.05, 4.69) is 0 Å². The minimum absolute atomic E-state index is 0.00911.